The van der Waals surface area contributed by atoms with E-state index in [9.17, 15) is 13.2 Å². The molecule has 0 bridgehead atoms. The van der Waals surface area contributed by atoms with Crippen molar-refractivity contribution in [2.24, 2.45) is 5.92 Å². The Balaban J connectivity index is 1.81. The van der Waals surface area contributed by atoms with E-state index in [1.165, 1.54) is 0 Å². The number of unbranched alkanes of at least 4 members (excludes halogenated alkanes) is 1. The molecule has 0 aromatic heterocycles. The summed E-state index contributed by atoms with van der Waals surface area (Å²) in [5.74, 6) is -0.407. The second kappa shape index (κ2) is 8.44. The van der Waals surface area contributed by atoms with Crippen LogP contribution in [0.2, 0.25) is 0 Å². The lowest BCUT2D eigenvalue weighted by Gasteiger charge is -2.13. The molecule has 1 aliphatic rings. The highest BCUT2D eigenvalue weighted by atomic mass is 32.2. The van der Waals surface area contributed by atoms with E-state index in [-0.39, 0.29) is 12.5 Å². The van der Waals surface area contributed by atoms with Crippen molar-refractivity contribution < 1.29 is 18.3 Å². The van der Waals surface area contributed by atoms with Crippen LogP contribution >= 0.6 is 0 Å². The van der Waals surface area contributed by atoms with Crippen LogP contribution in [0, 0.1) is 12.8 Å². The maximum atomic E-state index is 12.4. The van der Waals surface area contributed by atoms with Crippen molar-refractivity contribution in [3.63, 3.8) is 0 Å². The van der Waals surface area contributed by atoms with E-state index in [0.29, 0.717) is 17.2 Å². The van der Waals surface area contributed by atoms with Gasteiger partial charge in [0.15, 0.2) is 0 Å². The molecule has 0 spiro atoms. The van der Waals surface area contributed by atoms with Crippen LogP contribution in [0.4, 0.5) is 0 Å². The Labute approximate surface area is 143 Å². The predicted octanol–water partition coefficient (Wildman–Crippen LogP) is 3.25. The molecule has 5 nitrogen and oxygen atoms in total. The summed E-state index contributed by atoms with van der Waals surface area (Å²) in [6.45, 7) is 1.92. The van der Waals surface area contributed by atoms with Gasteiger partial charge in [0.2, 0.25) is 10.0 Å². The molecule has 2 rings (SSSR count). The number of hydrogen-bond acceptors (Lipinski definition) is 3. The lowest BCUT2D eigenvalue weighted by molar-refractivity contribution is -0.137. The Morgan fingerprint density at radius 3 is 2.67 bits per heavy atom. The van der Waals surface area contributed by atoms with Gasteiger partial charge in [-0.15, -0.1) is 0 Å². The van der Waals surface area contributed by atoms with Gasteiger partial charge in [-0.25, -0.2) is 13.1 Å². The molecule has 2 unspecified atom stereocenters. The molecule has 0 aliphatic heterocycles. The fourth-order valence-corrected chi connectivity index (χ4v) is 4.25. The van der Waals surface area contributed by atoms with E-state index in [1.807, 2.05) is 13.0 Å². The third-order valence-corrected chi connectivity index (χ3v) is 5.83. The van der Waals surface area contributed by atoms with E-state index in [2.05, 4.69) is 10.8 Å². The van der Waals surface area contributed by atoms with Crippen LogP contribution in [0.1, 0.15) is 44.1 Å². The largest absolute Gasteiger partial charge is 0.481 e. The third kappa shape index (κ3) is 5.76. The van der Waals surface area contributed by atoms with Gasteiger partial charge < -0.3 is 5.11 Å². The van der Waals surface area contributed by atoms with Crippen molar-refractivity contribution in [3.8, 4) is 0 Å². The van der Waals surface area contributed by atoms with Gasteiger partial charge in [0, 0.05) is 12.5 Å². The molecule has 1 aromatic rings. The Morgan fingerprint density at radius 1 is 1.29 bits per heavy atom. The van der Waals surface area contributed by atoms with Crippen LogP contribution in [0.15, 0.2) is 41.3 Å². The summed E-state index contributed by atoms with van der Waals surface area (Å²) in [5.41, 5.74) is 1.03. The summed E-state index contributed by atoms with van der Waals surface area (Å²) in [5, 5.41) is 8.59. The first-order valence-corrected chi connectivity index (χ1v) is 9.82. The first kappa shape index (κ1) is 18.7. The number of hydrogen-bond donors (Lipinski definition) is 2. The van der Waals surface area contributed by atoms with Gasteiger partial charge in [-0.1, -0.05) is 29.8 Å². The van der Waals surface area contributed by atoms with Crippen LogP contribution in [-0.2, 0) is 14.8 Å². The Morgan fingerprint density at radius 2 is 2.00 bits per heavy atom. The fraction of sp³-hybridized carbons (Fsp3) is 0.500. The zero-order valence-corrected chi connectivity index (χ0v) is 14.8. The highest BCUT2D eigenvalue weighted by molar-refractivity contribution is 7.89. The van der Waals surface area contributed by atoms with Crippen LogP contribution < -0.4 is 4.72 Å². The minimum Gasteiger partial charge on any atom is -0.481 e. The molecule has 1 aromatic carbocycles. The second-order valence-electron chi connectivity index (χ2n) is 6.42. The summed E-state index contributed by atoms with van der Waals surface area (Å²) < 4.78 is 27.6. The number of rotatable bonds is 8. The first-order valence-electron chi connectivity index (χ1n) is 8.34. The SMILES string of the molecule is Cc1ccc(S(=O)(=O)NC2CCC(C=CCCCC(=O)O)C2)cc1. The second-order valence-corrected chi connectivity index (χ2v) is 8.13. The summed E-state index contributed by atoms with van der Waals surface area (Å²) >= 11 is 0. The standard InChI is InChI=1S/C18H25NO4S/c1-14-7-11-17(12-8-14)24(22,23)19-16-10-9-15(13-16)5-3-2-4-6-18(20)21/h3,5,7-8,11-12,15-16,19H,2,4,6,9-10,13H2,1H3,(H,20,21). The van der Waals surface area contributed by atoms with E-state index >= 15 is 0 Å². The van der Waals surface area contributed by atoms with Crippen molar-refractivity contribution in [3.05, 3.63) is 42.0 Å². The number of aryl methyl sites for hydroxylation is 1. The summed E-state index contributed by atoms with van der Waals surface area (Å²) in [6.07, 6.45) is 8.28. The number of aliphatic carboxylic acids is 1. The van der Waals surface area contributed by atoms with Crippen molar-refractivity contribution in [2.75, 3.05) is 0 Å². The summed E-state index contributed by atoms with van der Waals surface area (Å²) in [4.78, 5) is 10.7. The Bertz CT molecular complexity index is 679. The maximum absolute atomic E-state index is 12.4. The zero-order chi connectivity index (χ0) is 17.6. The van der Waals surface area contributed by atoms with Crippen LogP contribution in [0.5, 0.6) is 0 Å². The number of nitrogens with one attached hydrogen (secondary N) is 1. The zero-order valence-electron chi connectivity index (χ0n) is 13.9. The highest BCUT2D eigenvalue weighted by Gasteiger charge is 2.27. The minimum absolute atomic E-state index is 0.0371. The number of benzene rings is 1. The van der Waals surface area contributed by atoms with Crippen molar-refractivity contribution in [1.82, 2.24) is 4.72 Å². The molecule has 0 amide bonds. The molecule has 2 N–H and O–H groups in total. The van der Waals surface area contributed by atoms with Gasteiger partial charge in [0.05, 0.1) is 4.90 Å². The molecule has 1 saturated carbocycles. The number of sulfonamides is 1. The van der Waals surface area contributed by atoms with E-state index < -0.39 is 16.0 Å². The quantitative estimate of drug-likeness (QED) is 0.556. The van der Waals surface area contributed by atoms with Gasteiger partial charge >= 0.3 is 5.97 Å². The van der Waals surface area contributed by atoms with E-state index in [1.54, 1.807) is 24.3 Å². The molecular weight excluding hydrogens is 326 g/mol. The van der Waals surface area contributed by atoms with Gasteiger partial charge in [-0.3, -0.25) is 4.79 Å². The molecule has 1 aliphatic carbocycles. The number of carboxylic acids is 1. The Kier molecular flexibility index (Phi) is 6.57. The predicted molar refractivity (Wildman–Crippen MR) is 93.3 cm³/mol. The lowest BCUT2D eigenvalue weighted by atomic mass is 10.1. The molecule has 24 heavy (non-hydrogen) atoms. The third-order valence-electron chi connectivity index (χ3n) is 4.30. The summed E-state index contributed by atoms with van der Waals surface area (Å²) in [7, 11) is -3.46. The van der Waals surface area contributed by atoms with E-state index in [4.69, 9.17) is 5.11 Å². The molecule has 2 atom stereocenters. The molecular formula is C18H25NO4S. The van der Waals surface area contributed by atoms with Crippen LogP contribution in [0.3, 0.4) is 0 Å². The average molecular weight is 351 g/mol. The highest BCUT2D eigenvalue weighted by Crippen LogP contribution is 2.28. The van der Waals surface area contributed by atoms with Gasteiger partial charge in [0.1, 0.15) is 0 Å². The maximum Gasteiger partial charge on any atom is 0.303 e. The molecule has 0 saturated heterocycles. The van der Waals surface area contributed by atoms with Gasteiger partial charge in [-0.2, -0.15) is 0 Å². The molecule has 0 radical (unpaired) electrons. The molecule has 6 heteroatoms. The average Bonchev–Trinajstić information content (AvgIpc) is 2.93. The van der Waals surface area contributed by atoms with Crippen molar-refractivity contribution in [1.29, 1.82) is 0 Å². The topological polar surface area (TPSA) is 83.5 Å². The monoisotopic (exact) mass is 351 g/mol. The molecule has 132 valence electrons. The molecule has 1 fully saturated rings. The smallest absolute Gasteiger partial charge is 0.303 e. The van der Waals surface area contributed by atoms with E-state index in [0.717, 1.165) is 31.2 Å². The normalized spacial score (nSPS) is 21.4. The van der Waals surface area contributed by atoms with Crippen LogP contribution in [0.25, 0.3) is 0 Å². The minimum atomic E-state index is -3.46. The summed E-state index contributed by atoms with van der Waals surface area (Å²) in [6, 6.07) is 6.82. The van der Waals surface area contributed by atoms with Crippen molar-refractivity contribution in [2.45, 2.75) is 56.4 Å². The fourth-order valence-electron chi connectivity index (χ4n) is 2.96. The van der Waals surface area contributed by atoms with Gasteiger partial charge in [0.25, 0.3) is 0 Å². The number of allylic oxidation sites excluding steroid dienone is 2. The van der Waals surface area contributed by atoms with Gasteiger partial charge in [-0.05, 0) is 57.1 Å². The number of carboxylic acid groups (broad SMARTS) is 1. The van der Waals surface area contributed by atoms with Crippen molar-refractivity contribution >= 4 is 16.0 Å². The van der Waals surface area contributed by atoms with Crippen LogP contribution in [-0.4, -0.2) is 25.5 Å². The Hall–Kier alpha value is -1.66. The first-order chi connectivity index (χ1) is 11.4. The number of carbonyl (C=O) groups is 1. The lowest BCUT2D eigenvalue weighted by Crippen LogP contribution is -2.32. The molecule has 0 heterocycles.